The second kappa shape index (κ2) is 9.69. The molecule has 0 saturated heterocycles. The summed E-state index contributed by atoms with van der Waals surface area (Å²) < 4.78 is 10.2. The Hall–Kier alpha value is -2.53. The highest BCUT2D eigenvalue weighted by Gasteiger charge is 2.06. The number of amides is 1. The molecule has 2 aromatic rings. The number of hydrogen-bond acceptors (Lipinski definition) is 4. The fourth-order valence-electron chi connectivity index (χ4n) is 2.14. The van der Waals surface area contributed by atoms with Crippen LogP contribution in [0.25, 0.3) is 0 Å². The van der Waals surface area contributed by atoms with Crippen molar-refractivity contribution >= 4 is 23.5 Å². The monoisotopic (exact) mass is 361 g/mol. The van der Waals surface area contributed by atoms with E-state index >= 15 is 0 Å². The Kier molecular flexibility index (Phi) is 7.29. The second-order valence-corrected chi connectivity index (χ2v) is 5.75. The zero-order valence-corrected chi connectivity index (χ0v) is 14.7. The second-order valence-electron chi connectivity index (χ2n) is 5.35. The molecular formula is C19H20ClNO4. The fourth-order valence-corrected chi connectivity index (χ4v) is 2.33. The molecule has 2 aromatic carbocycles. The third-order valence-corrected chi connectivity index (χ3v) is 3.82. The SMILES string of the molecule is COC(=O)c1ccc(CNC(=O)CCCOc2ccccc2Cl)cc1. The van der Waals surface area contributed by atoms with Crippen LogP contribution in [-0.2, 0) is 16.1 Å². The van der Waals surface area contributed by atoms with E-state index in [9.17, 15) is 9.59 Å². The van der Waals surface area contributed by atoms with Gasteiger partial charge in [0.1, 0.15) is 5.75 Å². The highest BCUT2D eigenvalue weighted by molar-refractivity contribution is 6.32. The lowest BCUT2D eigenvalue weighted by molar-refractivity contribution is -0.121. The zero-order chi connectivity index (χ0) is 18.1. The highest BCUT2D eigenvalue weighted by Crippen LogP contribution is 2.23. The van der Waals surface area contributed by atoms with Gasteiger partial charge in [-0.15, -0.1) is 0 Å². The van der Waals surface area contributed by atoms with Crippen molar-refractivity contribution in [3.05, 3.63) is 64.7 Å². The molecule has 0 radical (unpaired) electrons. The summed E-state index contributed by atoms with van der Waals surface area (Å²) in [4.78, 5) is 23.2. The van der Waals surface area contributed by atoms with Crippen molar-refractivity contribution in [2.24, 2.45) is 0 Å². The third kappa shape index (κ3) is 6.12. The molecule has 2 rings (SSSR count). The van der Waals surface area contributed by atoms with Crippen molar-refractivity contribution in [1.82, 2.24) is 5.32 Å². The molecular weight excluding hydrogens is 342 g/mol. The van der Waals surface area contributed by atoms with E-state index < -0.39 is 0 Å². The molecule has 0 atom stereocenters. The van der Waals surface area contributed by atoms with Crippen LogP contribution < -0.4 is 10.1 Å². The van der Waals surface area contributed by atoms with Crippen molar-refractivity contribution < 1.29 is 19.1 Å². The minimum Gasteiger partial charge on any atom is -0.492 e. The summed E-state index contributed by atoms with van der Waals surface area (Å²) in [6, 6.07) is 14.1. The highest BCUT2D eigenvalue weighted by atomic mass is 35.5. The molecule has 0 unspecified atom stereocenters. The van der Waals surface area contributed by atoms with Gasteiger partial charge < -0.3 is 14.8 Å². The average molecular weight is 362 g/mol. The molecule has 0 spiro atoms. The number of ether oxygens (including phenoxy) is 2. The smallest absolute Gasteiger partial charge is 0.337 e. The van der Waals surface area contributed by atoms with Crippen molar-refractivity contribution in [3.63, 3.8) is 0 Å². The summed E-state index contributed by atoms with van der Waals surface area (Å²) in [5, 5.41) is 3.39. The number of benzene rings is 2. The van der Waals surface area contributed by atoms with Crippen molar-refractivity contribution in [2.45, 2.75) is 19.4 Å². The lowest BCUT2D eigenvalue weighted by atomic mass is 10.1. The van der Waals surface area contributed by atoms with Gasteiger partial charge in [0.05, 0.1) is 24.3 Å². The Bertz CT molecular complexity index is 716. The zero-order valence-electron chi connectivity index (χ0n) is 14.0. The lowest BCUT2D eigenvalue weighted by Gasteiger charge is -2.08. The quantitative estimate of drug-likeness (QED) is 0.576. The summed E-state index contributed by atoms with van der Waals surface area (Å²) in [6.07, 6.45) is 0.961. The maximum Gasteiger partial charge on any atom is 0.337 e. The van der Waals surface area contributed by atoms with Crippen LogP contribution in [0.5, 0.6) is 5.75 Å². The molecule has 5 nitrogen and oxygen atoms in total. The summed E-state index contributed by atoms with van der Waals surface area (Å²) in [7, 11) is 1.34. The van der Waals surface area contributed by atoms with Gasteiger partial charge in [-0.3, -0.25) is 4.79 Å². The maximum atomic E-state index is 11.8. The van der Waals surface area contributed by atoms with E-state index in [-0.39, 0.29) is 11.9 Å². The molecule has 0 heterocycles. The number of esters is 1. The molecule has 0 bridgehead atoms. The predicted molar refractivity (Wildman–Crippen MR) is 95.8 cm³/mol. The largest absolute Gasteiger partial charge is 0.492 e. The molecule has 132 valence electrons. The van der Waals surface area contributed by atoms with Crippen LogP contribution in [0, 0.1) is 0 Å². The Morgan fingerprint density at radius 1 is 1.08 bits per heavy atom. The van der Waals surface area contributed by atoms with Crippen LogP contribution in [-0.4, -0.2) is 25.6 Å². The molecule has 0 aliphatic rings. The number of carbonyl (C=O) groups is 2. The first kappa shape index (κ1) is 18.8. The Balaban J connectivity index is 1.67. The summed E-state index contributed by atoms with van der Waals surface area (Å²) in [6.45, 7) is 0.830. The van der Waals surface area contributed by atoms with Crippen LogP contribution in [0.4, 0.5) is 0 Å². The summed E-state index contributed by atoms with van der Waals surface area (Å²) in [5.74, 6) is 0.184. The van der Waals surface area contributed by atoms with Gasteiger partial charge in [0.25, 0.3) is 0 Å². The van der Waals surface area contributed by atoms with E-state index in [0.29, 0.717) is 42.3 Å². The average Bonchev–Trinajstić information content (AvgIpc) is 2.64. The molecule has 0 aliphatic heterocycles. The first-order valence-electron chi connectivity index (χ1n) is 7.91. The van der Waals surface area contributed by atoms with Gasteiger partial charge >= 0.3 is 5.97 Å². The first-order valence-corrected chi connectivity index (χ1v) is 8.29. The summed E-state index contributed by atoms with van der Waals surface area (Å²) in [5.41, 5.74) is 1.39. The Morgan fingerprint density at radius 2 is 1.80 bits per heavy atom. The fraction of sp³-hybridized carbons (Fsp3) is 0.263. The standard InChI is InChI=1S/C19H20ClNO4/c1-24-19(23)15-10-8-14(9-11-15)13-21-18(22)7-4-12-25-17-6-3-2-5-16(17)20/h2-3,5-6,8-11H,4,7,12-13H2,1H3,(H,21,22). The minimum absolute atomic E-state index is 0.0557. The molecule has 0 aromatic heterocycles. The van der Waals surface area contributed by atoms with Crippen molar-refractivity contribution in [1.29, 1.82) is 0 Å². The van der Waals surface area contributed by atoms with E-state index in [1.165, 1.54) is 7.11 Å². The van der Waals surface area contributed by atoms with Gasteiger partial charge in [-0.05, 0) is 36.2 Å². The molecule has 0 aliphatic carbocycles. The van der Waals surface area contributed by atoms with E-state index in [0.717, 1.165) is 5.56 Å². The van der Waals surface area contributed by atoms with Gasteiger partial charge in [-0.25, -0.2) is 4.79 Å². The van der Waals surface area contributed by atoms with Crippen LogP contribution in [0.15, 0.2) is 48.5 Å². The number of carbonyl (C=O) groups excluding carboxylic acids is 2. The van der Waals surface area contributed by atoms with Crippen molar-refractivity contribution in [3.8, 4) is 5.75 Å². The minimum atomic E-state index is -0.380. The topological polar surface area (TPSA) is 64.6 Å². The van der Waals surface area contributed by atoms with E-state index in [2.05, 4.69) is 10.1 Å². The summed E-state index contributed by atoms with van der Waals surface area (Å²) >= 11 is 5.99. The number of rotatable bonds is 8. The molecule has 1 amide bonds. The number of halogens is 1. The van der Waals surface area contributed by atoms with E-state index in [1.807, 2.05) is 12.1 Å². The van der Waals surface area contributed by atoms with Gasteiger partial charge in [0, 0.05) is 13.0 Å². The van der Waals surface area contributed by atoms with E-state index in [1.54, 1.807) is 36.4 Å². The molecule has 0 saturated carbocycles. The van der Waals surface area contributed by atoms with Gasteiger partial charge in [0.2, 0.25) is 5.91 Å². The predicted octanol–water partition coefficient (Wildman–Crippen LogP) is 3.60. The van der Waals surface area contributed by atoms with Gasteiger partial charge in [-0.2, -0.15) is 0 Å². The molecule has 25 heavy (non-hydrogen) atoms. The van der Waals surface area contributed by atoms with E-state index in [4.69, 9.17) is 16.3 Å². The van der Waals surface area contributed by atoms with Gasteiger partial charge in [0.15, 0.2) is 0 Å². The molecule has 6 heteroatoms. The third-order valence-electron chi connectivity index (χ3n) is 3.51. The first-order chi connectivity index (χ1) is 12.1. The Morgan fingerprint density at radius 3 is 2.48 bits per heavy atom. The normalized spacial score (nSPS) is 10.2. The van der Waals surface area contributed by atoms with Crippen LogP contribution in [0.1, 0.15) is 28.8 Å². The number of methoxy groups -OCH3 is 1. The van der Waals surface area contributed by atoms with Crippen LogP contribution in [0.2, 0.25) is 5.02 Å². The van der Waals surface area contributed by atoms with Crippen molar-refractivity contribution in [2.75, 3.05) is 13.7 Å². The maximum absolute atomic E-state index is 11.8. The number of nitrogens with one attached hydrogen (secondary N) is 1. The molecule has 0 fully saturated rings. The van der Waals surface area contributed by atoms with Gasteiger partial charge in [-0.1, -0.05) is 35.9 Å². The molecule has 1 N–H and O–H groups in total. The lowest BCUT2D eigenvalue weighted by Crippen LogP contribution is -2.23. The van der Waals surface area contributed by atoms with Crippen LogP contribution in [0.3, 0.4) is 0 Å². The number of para-hydroxylation sites is 1. The number of hydrogen-bond donors (Lipinski definition) is 1. The Labute approximate surface area is 151 Å². The van der Waals surface area contributed by atoms with Crippen LogP contribution >= 0.6 is 11.6 Å².